The first-order valence-electron chi connectivity index (χ1n) is 10.1. The standard InChI is InChI=1S/C23H22ClN5O3/c1-32-18-10-4-15(5-11-18)19-14-29(21-3-2-12-25-28-21)22(30)13-20(19)27-23(31)26-17-8-6-16(24)7-9-17/h2-12,19-20H,13-14H2,1H3,(H2,26,27,31). The number of halogens is 1. The number of rotatable bonds is 5. The van der Waals surface area contributed by atoms with Crippen LogP contribution in [0.5, 0.6) is 5.75 Å². The zero-order chi connectivity index (χ0) is 22.5. The largest absolute Gasteiger partial charge is 0.497 e. The highest BCUT2D eigenvalue weighted by Crippen LogP contribution is 2.31. The minimum atomic E-state index is -0.406. The Labute approximate surface area is 190 Å². The third-order valence-corrected chi connectivity index (χ3v) is 5.61. The predicted octanol–water partition coefficient (Wildman–Crippen LogP) is 3.85. The molecule has 1 saturated heterocycles. The summed E-state index contributed by atoms with van der Waals surface area (Å²) >= 11 is 5.90. The molecule has 2 N–H and O–H groups in total. The van der Waals surface area contributed by atoms with Gasteiger partial charge in [0.15, 0.2) is 5.82 Å². The molecule has 1 aromatic heterocycles. The summed E-state index contributed by atoms with van der Waals surface area (Å²) < 4.78 is 5.26. The Bertz CT molecular complexity index is 1080. The van der Waals surface area contributed by atoms with Crippen LogP contribution in [0, 0.1) is 0 Å². The van der Waals surface area contributed by atoms with E-state index >= 15 is 0 Å². The minimum Gasteiger partial charge on any atom is -0.497 e. The van der Waals surface area contributed by atoms with E-state index in [9.17, 15) is 9.59 Å². The molecule has 2 heterocycles. The predicted molar refractivity (Wildman–Crippen MR) is 122 cm³/mol. The van der Waals surface area contributed by atoms with Crippen molar-refractivity contribution in [3.8, 4) is 5.75 Å². The van der Waals surface area contributed by atoms with Crippen LogP contribution < -0.4 is 20.3 Å². The zero-order valence-corrected chi connectivity index (χ0v) is 18.1. The third-order valence-electron chi connectivity index (χ3n) is 5.36. The van der Waals surface area contributed by atoms with E-state index in [0.717, 1.165) is 11.3 Å². The molecule has 3 amide bonds. The van der Waals surface area contributed by atoms with Crippen molar-refractivity contribution in [2.45, 2.75) is 18.4 Å². The van der Waals surface area contributed by atoms with Crippen LogP contribution in [0.1, 0.15) is 17.9 Å². The molecule has 3 aromatic rings. The maximum absolute atomic E-state index is 12.9. The number of aromatic nitrogens is 2. The van der Waals surface area contributed by atoms with E-state index < -0.39 is 12.1 Å². The van der Waals surface area contributed by atoms with Crippen LogP contribution in [0.15, 0.2) is 66.9 Å². The summed E-state index contributed by atoms with van der Waals surface area (Å²) in [5.74, 6) is 0.931. The molecule has 9 heteroatoms. The lowest BCUT2D eigenvalue weighted by Gasteiger charge is -2.38. The summed E-state index contributed by atoms with van der Waals surface area (Å²) in [5, 5.41) is 14.3. The monoisotopic (exact) mass is 451 g/mol. The molecule has 1 aliphatic heterocycles. The van der Waals surface area contributed by atoms with Gasteiger partial charge >= 0.3 is 6.03 Å². The Morgan fingerprint density at radius 2 is 1.88 bits per heavy atom. The van der Waals surface area contributed by atoms with Gasteiger partial charge in [0.05, 0.1) is 7.11 Å². The van der Waals surface area contributed by atoms with Crippen molar-refractivity contribution in [3.05, 3.63) is 77.4 Å². The molecule has 1 aliphatic rings. The summed E-state index contributed by atoms with van der Waals surface area (Å²) in [5.41, 5.74) is 1.58. The van der Waals surface area contributed by atoms with Crippen molar-refractivity contribution >= 4 is 35.0 Å². The fourth-order valence-corrected chi connectivity index (χ4v) is 3.86. The Kier molecular flexibility index (Phi) is 6.51. The number of hydrogen-bond donors (Lipinski definition) is 2. The summed E-state index contributed by atoms with van der Waals surface area (Å²) in [4.78, 5) is 27.2. The molecule has 0 bridgehead atoms. The quantitative estimate of drug-likeness (QED) is 0.614. The molecule has 0 spiro atoms. The van der Waals surface area contributed by atoms with Gasteiger partial charge in [0.1, 0.15) is 5.75 Å². The highest BCUT2D eigenvalue weighted by atomic mass is 35.5. The number of methoxy groups -OCH3 is 1. The number of carbonyl (C=O) groups is 2. The minimum absolute atomic E-state index is 0.126. The smallest absolute Gasteiger partial charge is 0.319 e. The molecule has 2 unspecified atom stereocenters. The summed E-state index contributed by atoms with van der Waals surface area (Å²) in [6.07, 6.45) is 1.69. The van der Waals surface area contributed by atoms with Crippen LogP contribution in [-0.2, 0) is 4.79 Å². The number of nitrogens with one attached hydrogen (secondary N) is 2. The maximum Gasteiger partial charge on any atom is 0.319 e. The lowest BCUT2D eigenvalue weighted by Crippen LogP contribution is -2.53. The zero-order valence-electron chi connectivity index (χ0n) is 17.4. The fraction of sp³-hybridized carbons (Fsp3) is 0.217. The lowest BCUT2D eigenvalue weighted by molar-refractivity contribution is -0.120. The van der Waals surface area contributed by atoms with Crippen LogP contribution >= 0.6 is 11.6 Å². The molecule has 0 radical (unpaired) electrons. The van der Waals surface area contributed by atoms with E-state index in [2.05, 4.69) is 20.8 Å². The summed E-state index contributed by atoms with van der Waals surface area (Å²) in [7, 11) is 1.61. The van der Waals surface area contributed by atoms with Crippen molar-refractivity contribution in [3.63, 3.8) is 0 Å². The molecule has 4 rings (SSSR count). The van der Waals surface area contributed by atoms with Crippen LogP contribution in [0.25, 0.3) is 0 Å². The van der Waals surface area contributed by atoms with Gasteiger partial charge < -0.3 is 15.4 Å². The number of amides is 3. The number of piperidine rings is 1. The van der Waals surface area contributed by atoms with Gasteiger partial charge in [0, 0.05) is 41.8 Å². The second-order valence-corrected chi connectivity index (χ2v) is 7.82. The van der Waals surface area contributed by atoms with Crippen molar-refractivity contribution < 1.29 is 14.3 Å². The van der Waals surface area contributed by atoms with Gasteiger partial charge in [-0.15, -0.1) is 5.10 Å². The second-order valence-electron chi connectivity index (χ2n) is 7.38. The molecule has 0 aliphatic carbocycles. The average molecular weight is 452 g/mol. The summed E-state index contributed by atoms with van der Waals surface area (Å²) in [6.45, 7) is 0.357. The number of ether oxygens (including phenoxy) is 1. The number of nitrogens with zero attached hydrogens (tertiary/aromatic N) is 3. The molecular formula is C23H22ClN5O3. The van der Waals surface area contributed by atoms with E-state index in [1.807, 2.05) is 24.3 Å². The maximum atomic E-state index is 12.9. The van der Waals surface area contributed by atoms with E-state index in [1.54, 1.807) is 54.6 Å². The first-order chi connectivity index (χ1) is 15.5. The fourth-order valence-electron chi connectivity index (χ4n) is 3.73. The summed E-state index contributed by atoms with van der Waals surface area (Å²) in [6, 6.07) is 17.1. The van der Waals surface area contributed by atoms with Gasteiger partial charge in [0.2, 0.25) is 5.91 Å². The molecule has 32 heavy (non-hydrogen) atoms. The first kappa shape index (κ1) is 21.6. The van der Waals surface area contributed by atoms with E-state index in [1.165, 1.54) is 0 Å². The van der Waals surface area contributed by atoms with Gasteiger partial charge in [-0.3, -0.25) is 9.69 Å². The normalized spacial score (nSPS) is 18.2. The SMILES string of the molecule is COc1ccc(C2CN(c3cccnn3)C(=O)CC2NC(=O)Nc2ccc(Cl)cc2)cc1. The Morgan fingerprint density at radius 1 is 1.12 bits per heavy atom. The van der Waals surface area contributed by atoms with E-state index in [4.69, 9.17) is 16.3 Å². The van der Waals surface area contributed by atoms with Crippen molar-refractivity contribution in [1.29, 1.82) is 0 Å². The third kappa shape index (κ3) is 4.97. The van der Waals surface area contributed by atoms with Crippen molar-refractivity contribution in [2.24, 2.45) is 0 Å². The number of carbonyl (C=O) groups excluding carboxylic acids is 2. The molecule has 2 aromatic carbocycles. The van der Waals surface area contributed by atoms with Crippen LogP contribution in [0.2, 0.25) is 5.02 Å². The molecule has 1 fully saturated rings. The molecule has 2 atom stereocenters. The van der Waals surface area contributed by atoms with Crippen LogP contribution in [-0.4, -0.2) is 41.8 Å². The molecule has 164 valence electrons. The number of anilines is 2. The highest BCUT2D eigenvalue weighted by molar-refractivity contribution is 6.30. The van der Waals surface area contributed by atoms with Crippen LogP contribution in [0.3, 0.4) is 0 Å². The molecule has 0 saturated carbocycles. The van der Waals surface area contributed by atoms with Gasteiger partial charge in [-0.25, -0.2) is 4.79 Å². The van der Waals surface area contributed by atoms with Gasteiger partial charge in [0.25, 0.3) is 0 Å². The van der Waals surface area contributed by atoms with E-state index in [-0.39, 0.29) is 18.2 Å². The molecule has 8 nitrogen and oxygen atoms in total. The number of urea groups is 1. The van der Waals surface area contributed by atoms with Gasteiger partial charge in [-0.1, -0.05) is 23.7 Å². The van der Waals surface area contributed by atoms with Gasteiger partial charge in [-0.2, -0.15) is 5.10 Å². The van der Waals surface area contributed by atoms with Crippen molar-refractivity contribution in [2.75, 3.05) is 23.9 Å². The number of hydrogen-bond acceptors (Lipinski definition) is 5. The van der Waals surface area contributed by atoms with Gasteiger partial charge in [-0.05, 0) is 54.1 Å². The Balaban J connectivity index is 1.56. The van der Waals surface area contributed by atoms with Crippen LogP contribution in [0.4, 0.5) is 16.3 Å². The average Bonchev–Trinajstić information content (AvgIpc) is 2.81. The Morgan fingerprint density at radius 3 is 2.53 bits per heavy atom. The highest BCUT2D eigenvalue weighted by Gasteiger charge is 2.37. The molecular weight excluding hydrogens is 430 g/mol. The lowest BCUT2D eigenvalue weighted by atomic mass is 9.85. The topological polar surface area (TPSA) is 96.4 Å². The van der Waals surface area contributed by atoms with E-state index in [0.29, 0.717) is 23.1 Å². The Hall–Kier alpha value is -3.65. The second kappa shape index (κ2) is 9.65. The first-order valence-corrected chi connectivity index (χ1v) is 10.5. The number of benzene rings is 2. The van der Waals surface area contributed by atoms with Crippen molar-refractivity contribution in [1.82, 2.24) is 15.5 Å².